The van der Waals surface area contributed by atoms with Crippen LogP contribution >= 0.6 is 0 Å². The maximum atomic E-state index is 11.9. The molecule has 0 heterocycles. The molecule has 0 saturated heterocycles. The van der Waals surface area contributed by atoms with Gasteiger partial charge in [0.2, 0.25) is 0 Å². The quantitative estimate of drug-likeness (QED) is 0.849. The highest BCUT2D eigenvalue weighted by molar-refractivity contribution is 7.86. The molecule has 0 amide bonds. The fourth-order valence-electron chi connectivity index (χ4n) is 2.15. The van der Waals surface area contributed by atoms with Crippen molar-refractivity contribution < 1.29 is 17.7 Å². The second-order valence-corrected chi connectivity index (χ2v) is 6.34. The third-order valence-electron chi connectivity index (χ3n) is 3.31. The van der Waals surface area contributed by atoms with E-state index in [1.807, 2.05) is 0 Å². The van der Waals surface area contributed by atoms with Crippen LogP contribution in [0.4, 0.5) is 0 Å². The molecule has 18 heavy (non-hydrogen) atoms. The van der Waals surface area contributed by atoms with Gasteiger partial charge in [-0.25, -0.2) is 0 Å². The number of aliphatic hydroxyl groups is 1. The van der Waals surface area contributed by atoms with Crippen molar-refractivity contribution in [3.63, 3.8) is 0 Å². The largest absolute Gasteiger partial charge is 0.393 e. The molecule has 0 unspecified atom stereocenters. The van der Waals surface area contributed by atoms with Crippen LogP contribution in [0, 0.1) is 5.92 Å². The van der Waals surface area contributed by atoms with Crippen LogP contribution in [0.5, 0.6) is 0 Å². The van der Waals surface area contributed by atoms with E-state index in [-0.39, 0.29) is 23.5 Å². The highest BCUT2D eigenvalue weighted by Crippen LogP contribution is 2.25. The zero-order valence-corrected chi connectivity index (χ0v) is 11.0. The normalized spacial score (nSPS) is 24.9. The predicted molar refractivity (Wildman–Crippen MR) is 67.5 cm³/mol. The van der Waals surface area contributed by atoms with E-state index >= 15 is 0 Å². The van der Waals surface area contributed by atoms with Gasteiger partial charge in [0.25, 0.3) is 10.1 Å². The van der Waals surface area contributed by atoms with E-state index in [0.717, 1.165) is 25.7 Å². The highest BCUT2D eigenvalue weighted by atomic mass is 32.2. The van der Waals surface area contributed by atoms with Crippen LogP contribution in [0.1, 0.15) is 25.7 Å². The smallest absolute Gasteiger partial charge is 0.296 e. The molecular weight excluding hydrogens is 252 g/mol. The molecule has 5 heteroatoms. The summed E-state index contributed by atoms with van der Waals surface area (Å²) in [6.07, 6.45) is 2.89. The molecule has 1 aliphatic rings. The summed E-state index contributed by atoms with van der Waals surface area (Å²) < 4.78 is 28.8. The molecule has 0 aromatic heterocycles. The molecule has 2 rings (SSSR count). The summed E-state index contributed by atoms with van der Waals surface area (Å²) in [5.74, 6) is 0.229. The first kappa shape index (κ1) is 13.5. The molecule has 0 aliphatic heterocycles. The van der Waals surface area contributed by atoms with Crippen molar-refractivity contribution in [2.24, 2.45) is 5.92 Å². The van der Waals surface area contributed by atoms with E-state index in [0.29, 0.717) is 0 Å². The van der Waals surface area contributed by atoms with Gasteiger partial charge in [0.1, 0.15) is 0 Å². The Balaban J connectivity index is 1.90. The lowest BCUT2D eigenvalue weighted by Crippen LogP contribution is -2.23. The number of aliphatic hydroxyl groups excluding tert-OH is 1. The Morgan fingerprint density at radius 1 is 1.11 bits per heavy atom. The zero-order valence-electron chi connectivity index (χ0n) is 10.2. The van der Waals surface area contributed by atoms with Crippen LogP contribution in [-0.4, -0.2) is 26.2 Å². The Hall–Kier alpha value is -0.910. The second kappa shape index (κ2) is 5.82. The summed E-state index contributed by atoms with van der Waals surface area (Å²) in [4.78, 5) is 0.195. The van der Waals surface area contributed by atoms with Crippen molar-refractivity contribution in [1.29, 1.82) is 0 Å². The van der Waals surface area contributed by atoms with Gasteiger partial charge >= 0.3 is 0 Å². The molecule has 0 atom stereocenters. The summed E-state index contributed by atoms with van der Waals surface area (Å²) >= 11 is 0. The molecule has 1 saturated carbocycles. The Bertz CT molecular complexity index is 461. The molecule has 1 aromatic carbocycles. The van der Waals surface area contributed by atoms with Gasteiger partial charge in [0.15, 0.2) is 0 Å². The van der Waals surface area contributed by atoms with Crippen LogP contribution in [0.15, 0.2) is 35.2 Å². The van der Waals surface area contributed by atoms with E-state index < -0.39 is 10.1 Å². The van der Waals surface area contributed by atoms with E-state index in [1.54, 1.807) is 18.2 Å². The van der Waals surface area contributed by atoms with Crippen molar-refractivity contribution in [3.05, 3.63) is 30.3 Å². The fourth-order valence-corrected chi connectivity index (χ4v) is 3.15. The monoisotopic (exact) mass is 270 g/mol. The van der Waals surface area contributed by atoms with Gasteiger partial charge in [-0.2, -0.15) is 8.42 Å². The average molecular weight is 270 g/mol. The highest BCUT2D eigenvalue weighted by Gasteiger charge is 2.22. The zero-order chi connectivity index (χ0) is 13.0. The summed E-state index contributed by atoms with van der Waals surface area (Å²) in [7, 11) is -3.64. The molecule has 0 bridgehead atoms. The summed E-state index contributed by atoms with van der Waals surface area (Å²) in [6.45, 7) is 0.212. The lowest BCUT2D eigenvalue weighted by atomic mass is 9.88. The van der Waals surface area contributed by atoms with E-state index in [9.17, 15) is 13.5 Å². The lowest BCUT2D eigenvalue weighted by Gasteiger charge is -2.24. The maximum Gasteiger partial charge on any atom is 0.296 e. The van der Waals surface area contributed by atoms with Crippen LogP contribution in [0.25, 0.3) is 0 Å². The standard InChI is InChI=1S/C13H18O4S/c14-12-8-6-11(7-9-12)10-17-18(15,16)13-4-2-1-3-5-13/h1-5,11-12,14H,6-10H2. The average Bonchev–Trinajstić information content (AvgIpc) is 2.39. The molecular formula is C13H18O4S. The van der Waals surface area contributed by atoms with Crippen molar-refractivity contribution in [3.8, 4) is 0 Å². The van der Waals surface area contributed by atoms with Crippen LogP contribution in [0.2, 0.25) is 0 Å². The summed E-state index contributed by atoms with van der Waals surface area (Å²) in [5, 5.41) is 9.37. The Kier molecular flexibility index (Phi) is 4.37. The Morgan fingerprint density at radius 2 is 1.72 bits per heavy atom. The number of hydrogen-bond donors (Lipinski definition) is 1. The van der Waals surface area contributed by atoms with Gasteiger partial charge in [-0.1, -0.05) is 18.2 Å². The van der Waals surface area contributed by atoms with Crippen LogP contribution < -0.4 is 0 Å². The summed E-state index contributed by atoms with van der Waals surface area (Å²) in [5.41, 5.74) is 0. The minimum atomic E-state index is -3.64. The molecule has 1 fully saturated rings. The van der Waals surface area contributed by atoms with Gasteiger partial charge in [0, 0.05) is 0 Å². The fraction of sp³-hybridized carbons (Fsp3) is 0.538. The van der Waals surface area contributed by atoms with Gasteiger partial charge in [-0.05, 0) is 43.7 Å². The topological polar surface area (TPSA) is 63.6 Å². The number of benzene rings is 1. The summed E-state index contributed by atoms with van der Waals surface area (Å²) in [6, 6.07) is 8.17. The van der Waals surface area contributed by atoms with Gasteiger partial charge < -0.3 is 5.11 Å². The molecule has 1 aromatic rings. The molecule has 1 N–H and O–H groups in total. The number of rotatable bonds is 4. The third kappa shape index (κ3) is 3.54. The van der Waals surface area contributed by atoms with E-state index in [4.69, 9.17) is 4.18 Å². The predicted octanol–water partition coefficient (Wildman–Crippen LogP) is 1.94. The Morgan fingerprint density at radius 3 is 2.33 bits per heavy atom. The van der Waals surface area contributed by atoms with Gasteiger partial charge in [0.05, 0.1) is 17.6 Å². The first-order valence-electron chi connectivity index (χ1n) is 6.20. The van der Waals surface area contributed by atoms with E-state index in [1.165, 1.54) is 12.1 Å². The van der Waals surface area contributed by atoms with Crippen molar-refractivity contribution in [2.75, 3.05) is 6.61 Å². The number of hydrogen-bond acceptors (Lipinski definition) is 4. The van der Waals surface area contributed by atoms with Gasteiger partial charge in [-0.15, -0.1) is 0 Å². The SMILES string of the molecule is O=S(=O)(OCC1CCC(O)CC1)c1ccccc1. The lowest BCUT2D eigenvalue weighted by molar-refractivity contribution is 0.0929. The first-order valence-corrected chi connectivity index (χ1v) is 7.61. The van der Waals surface area contributed by atoms with Crippen molar-refractivity contribution in [2.45, 2.75) is 36.7 Å². The van der Waals surface area contributed by atoms with Gasteiger partial charge in [-0.3, -0.25) is 4.18 Å². The third-order valence-corrected chi connectivity index (χ3v) is 4.60. The minimum absolute atomic E-state index is 0.195. The van der Waals surface area contributed by atoms with E-state index in [2.05, 4.69) is 0 Å². The Labute approximate surface area is 108 Å². The van der Waals surface area contributed by atoms with Crippen LogP contribution in [-0.2, 0) is 14.3 Å². The van der Waals surface area contributed by atoms with Crippen LogP contribution in [0.3, 0.4) is 0 Å². The molecule has 0 radical (unpaired) electrons. The minimum Gasteiger partial charge on any atom is -0.393 e. The molecule has 1 aliphatic carbocycles. The van der Waals surface area contributed by atoms with Crippen molar-refractivity contribution >= 4 is 10.1 Å². The maximum absolute atomic E-state index is 11.9. The van der Waals surface area contributed by atoms with Crippen molar-refractivity contribution in [1.82, 2.24) is 0 Å². The molecule has 0 spiro atoms. The molecule has 100 valence electrons. The first-order chi connectivity index (χ1) is 8.58. The second-order valence-electron chi connectivity index (χ2n) is 4.73. The molecule has 4 nitrogen and oxygen atoms in total.